The summed E-state index contributed by atoms with van der Waals surface area (Å²) in [4.78, 5) is 26.8. The zero-order valence-corrected chi connectivity index (χ0v) is 21.1. The highest BCUT2D eigenvalue weighted by Gasteiger charge is 2.47. The molecule has 3 aromatic carbocycles. The van der Waals surface area contributed by atoms with Gasteiger partial charge in [-0.05, 0) is 66.6 Å². The summed E-state index contributed by atoms with van der Waals surface area (Å²) < 4.78 is 41.8. The smallest absolute Gasteiger partial charge is 0.252 e. The second-order valence-corrected chi connectivity index (χ2v) is 11.0. The molecule has 0 N–H and O–H groups in total. The molecule has 35 heavy (non-hydrogen) atoms. The first-order valence-corrected chi connectivity index (χ1v) is 13.0. The molecule has 0 aliphatic carbocycles. The van der Waals surface area contributed by atoms with Gasteiger partial charge in [-0.25, -0.2) is 17.7 Å². The van der Waals surface area contributed by atoms with Gasteiger partial charge in [0.1, 0.15) is 16.8 Å². The monoisotopic (exact) mass is 554 g/mol. The topological polar surface area (TPSA) is 74.8 Å². The Hall–Kier alpha value is -2.49. The van der Waals surface area contributed by atoms with Crippen LogP contribution in [0.15, 0.2) is 71.6 Å². The van der Waals surface area contributed by atoms with Crippen molar-refractivity contribution in [2.24, 2.45) is 0 Å². The van der Waals surface area contributed by atoms with Crippen LogP contribution >= 0.6 is 34.8 Å². The third-order valence-electron chi connectivity index (χ3n) is 5.55. The number of carbonyl (C=O) groups excluding carboxylic acids is 2. The van der Waals surface area contributed by atoms with Gasteiger partial charge in [0.25, 0.3) is 5.91 Å². The Morgan fingerprint density at radius 1 is 0.943 bits per heavy atom. The predicted octanol–water partition coefficient (Wildman–Crippen LogP) is 5.35. The molecule has 4 rings (SSSR count). The van der Waals surface area contributed by atoms with E-state index in [0.29, 0.717) is 5.02 Å². The van der Waals surface area contributed by atoms with Crippen LogP contribution in [0.4, 0.5) is 10.1 Å². The fraction of sp³-hybridized carbons (Fsp3) is 0.167. The fourth-order valence-corrected chi connectivity index (χ4v) is 6.41. The Morgan fingerprint density at radius 3 is 2.31 bits per heavy atom. The van der Waals surface area contributed by atoms with Crippen molar-refractivity contribution in [1.82, 2.24) is 4.31 Å². The molecule has 6 nitrogen and oxygen atoms in total. The summed E-state index contributed by atoms with van der Waals surface area (Å²) in [7, 11) is -4.36. The number of sulfonamides is 1. The standard InChI is InChI=1S/C24H18Cl3FN2O4S/c25-16-3-1-2-15(12-16)10-11-29(35(33,34)22-13-17(26)4-9-20(22)27)21-14-23(31)30(24(21)32)19-7-5-18(28)6-8-19/h1-9,12-13,21H,10-11,14H2. The second kappa shape index (κ2) is 10.2. The number of halogens is 4. The van der Waals surface area contributed by atoms with Gasteiger partial charge < -0.3 is 0 Å². The van der Waals surface area contributed by atoms with Crippen molar-refractivity contribution in [3.05, 3.63) is 93.2 Å². The van der Waals surface area contributed by atoms with Gasteiger partial charge in [0.15, 0.2) is 0 Å². The maximum absolute atomic E-state index is 13.7. The molecule has 1 heterocycles. The van der Waals surface area contributed by atoms with E-state index in [-0.39, 0.29) is 40.0 Å². The van der Waals surface area contributed by atoms with Crippen LogP contribution in [0.2, 0.25) is 15.1 Å². The highest BCUT2D eigenvalue weighted by molar-refractivity contribution is 7.89. The van der Waals surface area contributed by atoms with E-state index in [1.807, 2.05) is 0 Å². The first-order valence-electron chi connectivity index (χ1n) is 10.4. The molecule has 0 saturated carbocycles. The lowest BCUT2D eigenvalue weighted by Crippen LogP contribution is -2.46. The Bertz CT molecular complexity index is 1400. The number of amides is 2. The molecule has 1 aliphatic heterocycles. The number of benzene rings is 3. The van der Waals surface area contributed by atoms with Gasteiger partial charge in [0, 0.05) is 16.6 Å². The molecule has 11 heteroatoms. The molecule has 0 bridgehead atoms. The highest BCUT2D eigenvalue weighted by Crippen LogP contribution is 2.33. The normalized spacial score (nSPS) is 16.4. The first-order chi connectivity index (χ1) is 16.6. The van der Waals surface area contributed by atoms with E-state index in [0.717, 1.165) is 26.9 Å². The van der Waals surface area contributed by atoms with Gasteiger partial charge >= 0.3 is 0 Å². The van der Waals surface area contributed by atoms with Crippen molar-refractivity contribution in [2.45, 2.75) is 23.8 Å². The molecule has 3 aromatic rings. The van der Waals surface area contributed by atoms with Crippen molar-refractivity contribution in [3.63, 3.8) is 0 Å². The van der Waals surface area contributed by atoms with Crippen LogP contribution in [-0.2, 0) is 26.0 Å². The number of imide groups is 1. The second-order valence-electron chi connectivity index (χ2n) is 7.83. The molecule has 0 radical (unpaired) electrons. The molecule has 0 aromatic heterocycles. The summed E-state index contributed by atoms with van der Waals surface area (Å²) in [6.45, 7) is -0.132. The summed E-state index contributed by atoms with van der Waals surface area (Å²) in [6, 6.07) is 14.3. The average Bonchev–Trinajstić information content (AvgIpc) is 3.09. The highest BCUT2D eigenvalue weighted by atomic mass is 35.5. The summed E-state index contributed by atoms with van der Waals surface area (Å²) in [6.07, 6.45) is -0.171. The van der Waals surface area contributed by atoms with Crippen LogP contribution in [0, 0.1) is 5.82 Å². The maximum atomic E-state index is 13.7. The largest absolute Gasteiger partial charge is 0.274 e. The molecular weight excluding hydrogens is 538 g/mol. The SMILES string of the molecule is O=C1CC(N(CCc2cccc(Cl)c2)S(=O)(=O)c2cc(Cl)ccc2Cl)C(=O)N1c1ccc(F)cc1. The number of anilines is 1. The van der Waals surface area contributed by atoms with Gasteiger partial charge in [-0.2, -0.15) is 4.31 Å². The van der Waals surface area contributed by atoms with E-state index in [2.05, 4.69) is 0 Å². The minimum absolute atomic E-state index is 0.0747. The molecule has 1 aliphatic rings. The van der Waals surface area contributed by atoms with Crippen LogP contribution in [0.3, 0.4) is 0 Å². The Kier molecular flexibility index (Phi) is 7.49. The molecular formula is C24H18Cl3FN2O4S. The number of rotatable bonds is 7. The lowest BCUT2D eigenvalue weighted by molar-refractivity contribution is -0.122. The van der Waals surface area contributed by atoms with E-state index in [9.17, 15) is 22.4 Å². The quantitative estimate of drug-likeness (QED) is 0.368. The van der Waals surface area contributed by atoms with E-state index in [1.165, 1.54) is 30.3 Å². The Morgan fingerprint density at radius 2 is 1.63 bits per heavy atom. The van der Waals surface area contributed by atoms with Gasteiger partial charge in [0.2, 0.25) is 15.9 Å². The summed E-state index contributed by atoms with van der Waals surface area (Å²) in [5.41, 5.74) is 0.888. The van der Waals surface area contributed by atoms with E-state index in [1.54, 1.807) is 24.3 Å². The van der Waals surface area contributed by atoms with Gasteiger partial charge in [-0.1, -0.05) is 46.9 Å². The molecule has 1 atom stereocenters. The predicted molar refractivity (Wildman–Crippen MR) is 133 cm³/mol. The fourth-order valence-electron chi connectivity index (χ4n) is 3.88. The minimum Gasteiger partial charge on any atom is -0.274 e. The molecule has 182 valence electrons. The molecule has 0 spiro atoms. The maximum Gasteiger partial charge on any atom is 0.252 e. The third-order valence-corrected chi connectivity index (χ3v) is 8.40. The zero-order chi connectivity index (χ0) is 25.3. The van der Waals surface area contributed by atoms with Crippen LogP contribution in [-0.4, -0.2) is 37.1 Å². The number of nitrogens with zero attached hydrogens (tertiary/aromatic N) is 2. The third kappa shape index (κ3) is 5.37. The van der Waals surface area contributed by atoms with Crippen molar-refractivity contribution in [3.8, 4) is 0 Å². The van der Waals surface area contributed by atoms with Gasteiger partial charge in [-0.15, -0.1) is 0 Å². The number of carbonyl (C=O) groups is 2. The summed E-state index contributed by atoms with van der Waals surface area (Å²) in [5, 5.41) is 0.545. The Labute approximate surface area is 216 Å². The van der Waals surface area contributed by atoms with Crippen LogP contribution in [0.5, 0.6) is 0 Å². The lowest BCUT2D eigenvalue weighted by atomic mass is 10.1. The van der Waals surface area contributed by atoms with Crippen molar-refractivity contribution in [2.75, 3.05) is 11.4 Å². The summed E-state index contributed by atoms with van der Waals surface area (Å²) >= 11 is 18.3. The van der Waals surface area contributed by atoms with Crippen LogP contribution in [0.1, 0.15) is 12.0 Å². The lowest BCUT2D eigenvalue weighted by Gasteiger charge is -2.27. The summed E-state index contributed by atoms with van der Waals surface area (Å²) in [5.74, 6) is -1.88. The zero-order valence-electron chi connectivity index (χ0n) is 18.0. The van der Waals surface area contributed by atoms with Gasteiger partial charge in [-0.3, -0.25) is 9.59 Å². The van der Waals surface area contributed by atoms with Crippen molar-refractivity contribution < 1.29 is 22.4 Å². The van der Waals surface area contributed by atoms with E-state index < -0.39 is 33.7 Å². The average molecular weight is 556 g/mol. The van der Waals surface area contributed by atoms with E-state index in [4.69, 9.17) is 34.8 Å². The van der Waals surface area contributed by atoms with E-state index >= 15 is 0 Å². The van der Waals surface area contributed by atoms with Gasteiger partial charge in [0.05, 0.1) is 17.1 Å². The first kappa shape index (κ1) is 25.6. The van der Waals surface area contributed by atoms with Crippen LogP contribution < -0.4 is 4.90 Å². The molecule has 1 saturated heterocycles. The minimum atomic E-state index is -4.36. The molecule has 1 unspecified atom stereocenters. The molecule has 1 fully saturated rings. The van der Waals surface area contributed by atoms with Crippen molar-refractivity contribution in [1.29, 1.82) is 0 Å². The van der Waals surface area contributed by atoms with Crippen molar-refractivity contribution >= 4 is 62.3 Å². The number of hydrogen-bond donors (Lipinski definition) is 0. The number of hydrogen-bond acceptors (Lipinski definition) is 4. The Balaban J connectivity index is 1.73. The molecule has 2 amide bonds. The van der Waals surface area contributed by atoms with Crippen LogP contribution in [0.25, 0.3) is 0 Å².